The number of amides is 1. The third-order valence-corrected chi connectivity index (χ3v) is 3.93. The topological polar surface area (TPSA) is 51.2 Å². The zero-order valence-corrected chi connectivity index (χ0v) is 12.7. The summed E-state index contributed by atoms with van der Waals surface area (Å²) in [6.45, 7) is 1.08. The number of methoxy groups -OCH3 is 1. The monoisotopic (exact) mass is 302 g/mol. The van der Waals surface area contributed by atoms with E-state index in [-0.39, 0.29) is 5.91 Å². The molecule has 0 bridgehead atoms. The smallest absolute Gasteiger partial charge is 0.230 e. The van der Waals surface area contributed by atoms with Crippen LogP contribution in [0.5, 0.6) is 0 Å². The standard InChI is InChI=1S/C16H18N2O2S/c1-20-11-14-5-3-2-4-13(14)10-18-16(19)12-21-15-6-8-17-9-7-15/h2-9H,10-12H2,1H3,(H,18,19). The highest BCUT2D eigenvalue weighted by atomic mass is 32.2. The third kappa shape index (κ3) is 5.21. The molecule has 1 heterocycles. The molecule has 1 aromatic heterocycles. The third-order valence-electron chi connectivity index (χ3n) is 2.91. The van der Waals surface area contributed by atoms with E-state index >= 15 is 0 Å². The van der Waals surface area contributed by atoms with Gasteiger partial charge >= 0.3 is 0 Å². The summed E-state index contributed by atoms with van der Waals surface area (Å²) in [5.74, 6) is 0.417. The Kier molecular flexibility index (Phi) is 6.24. The summed E-state index contributed by atoms with van der Waals surface area (Å²) in [5, 5.41) is 2.94. The van der Waals surface area contributed by atoms with Gasteiger partial charge in [-0.05, 0) is 23.3 Å². The van der Waals surface area contributed by atoms with Crippen molar-refractivity contribution < 1.29 is 9.53 Å². The lowest BCUT2D eigenvalue weighted by molar-refractivity contribution is -0.118. The van der Waals surface area contributed by atoms with Crippen LogP contribution in [0.3, 0.4) is 0 Å². The molecule has 0 saturated heterocycles. The van der Waals surface area contributed by atoms with Crippen molar-refractivity contribution in [2.24, 2.45) is 0 Å². The summed E-state index contributed by atoms with van der Waals surface area (Å²) in [6.07, 6.45) is 3.45. The SMILES string of the molecule is COCc1ccccc1CNC(=O)CSc1ccncc1. The molecular formula is C16H18N2O2S. The summed E-state index contributed by atoms with van der Waals surface area (Å²) in [4.78, 5) is 16.9. The maximum Gasteiger partial charge on any atom is 0.230 e. The number of hydrogen-bond acceptors (Lipinski definition) is 4. The van der Waals surface area contributed by atoms with Crippen LogP contribution in [0.2, 0.25) is 0 Å². The minimum Gasteiger partial charge on any atom is -0.380 e. The number of thioether (sulfide) groups is 1. The number of rotatable bonds is 7. The summed E-state index contributed by atoms with van der Waals surface area (Å²) >= 11 is 1.50. The molecule has 0 aliphatic rings. The van der Waals surface area contributed by atoms with Crippen molar-refractivity contribution in [2.45, 2.75) is 18.0 Å². The molecular weight excluding hydrogens is 284 g/mol. The predicted octanol–water partition coefficient (Wildman–Crippen LogP) is 2.64. The maximum absolute atomic E-state index is 11.9. The largest absolute Gasteiger partial charge is 0.380 e. The average Bonchev–Trinajstić information content (AvgIpc) is 2.53. The highest BCUT2D eigenvalue weighted by Crippen LogP contribution is 2.15. The molecule has 2 rings (SSSR count). The Bertz CT molecular complexity index is 575. The number of nitrogens with zero attached hydrogens (tertiary/aromatic N) is 1. The van der Waals surface area contributed by atoms with Crippen molar-refractivity contribution in [1.29, 1.82) is 0 Å². The highest BCUT2D eigenvalue weighted by molar-refractivity contribution is 8.00. The van der Waals surface area contributed by atoms with Crippen LogP contribution in [0.1, 0.15) is 11.1 Å². The second-order valence-electron chi connectivity index (χ2n) is 4.45. The zero-order chi connectivity index (χ0) is 14.9. The Morgan fingerprint density at radius 3 is 2.62 bits per heavy atom. The molecule has 0 radical (unpaired) electrons. The molecule has 1 N–H and O–H groups in total. The first-order chi connectivity index (χ1) is 10.3. The van der Waals surface area contributed by atoms with Gasteiger partial charge in [0.2, 0.25) is 5.91 Å². The molecule has 0 saturated carbocycles. The highest BCUT2D eigenvalue weighted by Gasteiger charge is 2.05. The molecule has 0 atom stereocenters. The number of nitrogens with one attached hydrogen (secondary N) is 1. The van der Waals surface area contributed by atoms with Crippen LogP contribution in [0.15, 0.2) is 53.7 Å². The van der Waals surface area contributed by atoms with E-state index in [0.717, 1.165) is 16.0 Å². The first-order valence-corrected chi connectivity index (χ1v) is 7.63. The van der Waals surface area contributed by atoms with Gasteiger partial charge in [-0.3, -0.25) is 9.78 Å². The summed E-state index contributed by atoms with van der Waals surface area (Å²) in [7, 11) is 1.67. The van der Waals surface area contributed by atoms with Gasteiger partial charge in [-0.15, -0.1) is 11.8 Å². The van der Waals surface area contributed by atoms with E-state index in [1.54, 1.807) is 19.5 Å². The van der Waals surface area contributed by atoms with Gasteiger partial charge in [-0.1, -0.05) is 24.3 Å². The Labute approximate surface area is 128 Å². The molecule has 0 aliphatic carbocycles. The fourth-order valence-electron chi connectivity index (χ4n) is 1.85. The molecule has 1 amide bonds. The number of aromatic nitrogens is 1. The molecule has 0 aliphatic heterocycles. The Morgan fingerprint density at radius 1 is 1.19 bits per heavy atom. The Hall–Kier alpha value is -1.85. The molecule has 4 nitrogen and oxygen atoms in total. The van der Waals surface area contributed by atoms with E-state index in [2.05, 4.69) is 10.3 Å². The molecule has 21 heavy (non-hydrogen) atoms. The van der Waals surface area contributed by atoms with Crippen molar-refractivity contribution in [3.05, 3.63) is 59.9 Å². The van der Waals surface area contributed by atoms with Crippen molar-refractivity contribution in [1.82, 2.24) is 10.3 Å². The fourth-order valence-corrected chi connectivity index (χ4v) is 2.57. The normalized spacial score (nSPS) is 10.3. The van der Waals surface area contributed by atoms with E-state index in [4.69, 9.17) is 4.74 Å². The van der Waals surface area contributed by atoms with Crippen LogP contribution < -0.4 is 5.32 Å². The number of carbonyl (C=O) groups is 1. The number of ether oxygens (including phenoxy) is 1. The molecule has 0 fully saturated rings. The van der Waals surface area contributed by atoms with E-state index in [1.165, 1.54) is 11.8 Å². The molecule has 0 unspecified atom stereocenters. The zero-order valence-electron chi connectivity index (χ0n) is 11.9. The number of hydrogen-bond donors (Lipinski definition) is 1. The summed E-state index contributed by atoms with van der Waals surface area (Å²) < 4.78 is 5.16. The van der Waals surface area contributed by atoms with Gasteiger partial charge in [-0.25, -0.2) is 0 Å². The van der Waals surface area contributed by atoms with Gasteiger partial charge in [0.05, 0.1) is 12.4 Å². The molecule has 5 heteroatoms. The van der Waals surface area contributed by atoms with Gasteiger partial charge in [0.25, 0.3) is 0 Å². The second kappa shape index (κ2) is 8.44. The second-order valence-corrected chi connectivity index (χ2v) is 5.50. The number of benzene rings is 1. The Balaban J connectivity index is 1.81. The van der Waals surface area contributed by atoms with Crippen LogP contribution in [0.4, 0.5) is 0 Å². The maximum atomic E-state index is 11.9. The van der Waals surface area contributed by atoms with Crippen molar-refractivity contribution in [3.8, 4) is 0 Å². The van der Waals surface area contributed by atoms with E-state index in [0.29, 0.717) is 18.9 Å². The first kappa shape index (κ1) is 15.5. The van der Waals surface area contributed by atoms with Crippen molar-refractivity contribution >= 4 is 17.7 Å². The van der Waals surface area contributed by atoms with E-state index in [9.17, 15) is 4.79 Å². The van der Waals surface area contributed by atoms with Crippen LogP contribution in [0.25, 0.3) is 0 Å². The van der Waals surface area contributed by atoms with Crippen LogP contribution >= 0.6 is 11.8 Å². The number of pyridine rings is 1. The number of carbonyl (C=O) groups excluding carboxylic acids is 1. The predicted molar refractivity (Wildman–Crippen MR) is 84.0 cm³/mol. The van der Waals surface area contributed by atoms with Crippen LogP contribution in [-0.4, -0.2) is 23.8 Å². The summed E-state index contributed by atoms with van der Waals surface area (Å²) in [6, 6.07) is 11.7. The van der Waals surface area contributed by atoms with E-state index < -0.39 is 0 Å². The van der Waals surface area contributed by atoms with Gasteiger partial charge in [-0.2, -0.15) is 0 Å². The van der Waals surface area contributed by atoms with Crippen LogP contribution in [-0.2, 0) is 22.7 Å². The molecule has 2 aromatic rings. The van der Waals surface area contributed by atoms with Gasteiger partial charge in [0.1, 0.15) is 0 Å². The molecule has 0 spiro atoms. The van der Waals surface area contributed by atoms with Crippen molar-refractivity contribution in [3.63, 3.8) is 0 Å². The lowest BCUT2D eigenvalue weighted by Gasteiger charge is -2.10. The van der Waals surface area contributed by atoms with Gasteiger partial charge in [0.15, 0.2) is 0 Å². The Morgan fingerprint density at radius 2 is 1.90 bits per heavy atom. The summed E-state index contributed by atoms with van der Waals surface area (Å²) in [5.41, 5.74) is 2.18. The minimum absolute atomic E-state index is 0.0176. The molecule has 110 valence electrons. The lowest BCUT2D eigenvalue weighted by atomic mass is 10.1. The average molecular weight is 302 g/mol. The lowest BCUT2D eigenvalue weighted by Crippen LogP contribution is -2.25. The molecule has 1 aromatic carbocycles. The first-order valence-electron chi connectivity index (χ1n) is 6.65. The quantitative estimate of drug-likeness (QED) is 0.799. The van der Waals surface area contributed by atoms with Crippen LogP contribution in [0, 0.1) is 0 Å². The van der Waals surface area contributed by atoms with Crippen molar-refractivity contribution in [2.75, 3.05) is 12.9 Å². The van der Waals surface area contributed by atoms with Gasteiger partial charge in [0, 0.05) is 30.9 Å². The minimum atomic E-state index is 0.0176. The van der Waals surface area contributed by atoms with Gasteiger partial charge < -0.3 is 10.1 Å². The van der Waals surface area contributed by atoms with E-state index in [1.807, 2.05) is 36.4 Å². The fraction of sp³-hybridized carbons (Fsp3) is 0.250.